The van der Waals surface area contributed by atoms with E-state index in [1.165, 1.54) is 0 Å². The number of carbonyl (C=O) groups is 1. The van der Waals surface area contributed by atoms with Crippen LogP contribution in [0.2, 0.25) is 0 Å². The van der Waals surface area contributed by atoms with Crippen molar-refractivity contribution in [2.24, 2.45) is 0 Å². The predicted molar refractivity (Wildman–Crippen MR) is 120 cm³/mol. The van der Waals surface area contributed by atoms with Gasteiger partial charge in [0.1, 0.15) is 11.6 Å². The molecule has 0 bridgehead atoms. The molecule has 8 nitrogen and oxygen atoms in total. The Morgan fingerprint density at radius 1 is 0.968 bits per heavy atom. The molecule has 0 radical (unpaired) electrons. The highest BCUT2D eigenvalue weighted by molar-refractivity contribution is 5.92. The van der Waals surface area contributed by atoms with Crippen molar-refractivity contribution in [2.75, 3.05) is 43.5 Å². The lowest BCUT2D eigenvalue weighted by atomic mass is 10.2. The first-order valence-corrected chi connectivity index (χ1v) is 10.1. The molecule has 31 heavy (non-hydrogen) atoms. The van der Waals surface area contributed by atoms with Crippen LogP contribution >= 0.6 is 0 Å². The van der Waals surface area contributed by atoms with Gasteiger partial charge < -0.3 is 19.9 Å². The summed E-state index contributed by atoms with van der Waals surface area (Å²) in [7, 11) is 1.63. The Morgan fingerprint density at radius 2 is 1.77 bits per heavy atom. The molecule has 2 aromatic heterocycles. The summed E-state index contributed by atoms with van der Waals surface area (Å²) in [4.78, 5) is 20.7. The quantitative estimate of drug-likeness (QED) is 0.619. The largest absolute Gasteiger partial charge is 0.497 e. The van der Waals surface area contributed by atoms with Gasteiger partial charge in [-0.2, -0.15) is 0 Å². The van der Waals surface area contributed by atoms with Crippen LogP contribution in [0.3, 0.4) is 0 Å². The van der Waals surface area contributed by atoms with Gasteiger partial charge >= 0.3 is 0 Å². The van der Waals surface area contributed by atoms with E-state index in [1.54, 1.807) is 19.4 Å². The highest BCUT2D eigenvalue weighted by Crippen LogP contribution is 2.17. The molecule has 3 heterocycles. The molecule has 0 saturated carbocycles. The molecule has 4 rings (SSSR count). The molecule has 0 aliphatic carbocycles. The number of hydrogen-bond donors (Lipinski definition) is 1. The average Bonchev–Trinajstić information content (AvgIpc) is 2.84. The van der Waals surface area contributed by atoms with Gasteiger partial charge in [0.2, 0.25) is 5.91 Å². The Balaban J connectivity index is 1.28. The maximum absolute atomic E-state index is 12.5. The van der Waals surface area contributed by atoms with Crippen LogP contribution in [0.15, 0.2) is 66.9 Å². The maximum Gasteiger partial charge on any atom is 0.246 e. The van der Waals surface area contributed by atoms with E-state index < -0.39 is 0 Å². The Labute approximate surface area is 181 Å². The molecule has 0 unspecified atom stereocenters. The summed E-state index contributed by atoms with van der Waals surface area (Å²) in [5.41, 5.74) is 0.961. The van der Waals surface area contributed by atoms with Crippen molar-refractivity contribution in [2.45, 2.75) is 0 Å². The number of pyridine rings is 1. The second-order valence-corrected chi connectivity index (χ2v) is 7.04. The van der Waals surface area contributed by atoms with Crippen molar-refractivity contribution in [3.8, 4) is 5.75 Å². The van der Waals surface area contributed by atoms with Crippen molar-refractivity contribution >= 4 is 29.4 Å². The number of aromatic nitrogens is 3. The number of benzene rings is 1. The number of amides is 1. The normalized spacial score (nSPS) is 14.0. The molecule has 0 spiro atoms. The molecule has 158 valence electrons. The number of nitrogens with one attached hydrogen (secondary N) is 1. The third-order valence-corrected chi connectivity index (χ3v) is 5.02. The van der Waals surface area contributed by atoms with Crippen LogP contribution in [0, 0.1) is 0 Å². The van der Waals surface area contributed by atoms with Gasteiger partial charge in [-0.3, -0.25) is 4.79 Å². The minimum atomic E-state index is 0.0106. The van der Waals surface area contributed by atoms with Crippen molar-refractivity contribution in [1.29, 1.82) is 0 Å². The fourth-order valence-corrected chi connectivity index (χ4v) is 3.27. The maximum atomic E-state index is 12.5. The van der Waals surface area contributed by atoms with E-state index in [1.807, 2.05) is 65.6 Å². The molecule has 8 heteroatoms. The number of nitrogens with zero attached hydrogens (tertiary/aromatic N) is 5. The number of methoxy groups -OCH3 is 1. The molecule has 3 aromatic rings. The van der Waals surface area contributed by atoms with E-state index in [2.05, 4.69) is 25.4 Å². The summed E-state index contributed by atoms with van der Waals surface area (Å²) in [6, 6.07) is 17.0. The molecule has 1 aliphatic rings. The minimum Gasteiger partial charge on any atom is -0.497 e. The number of piperazine rings is 1. The Bertz CT molecular complexity index is 1010. The lowest BCUT2D eigenvalue weighted by Crippen LogP contribution is -2.48. The molecule has 1 aliphatic heterocycles. The van der Waals surface area contributed by atoms with Crippen molar-refractivity contribution in [3.05, 3.63) is 72.4 Å². The summed E-state index contributed by atoms with van der Waals surface area (Å²) < 4.78 is 5.15. The smallest absolute Gasteiger partial charge is 0.246 e. The number of carbonyl (C=O) groups excluding carboxylic acids is 1. The highest BCUT2D eigenvalue weighted by atomic mass is 16.5. The molecular formula is C23H24N6O2. The van der Waals surface area contributed by atoms with Crippen molar-refractivity contribution < 1.29 is 9.53 Å². The minimum absolute atomic E-state index is 0.0106. The fraction of sp³-hybridized carbons (Fsp3) is 0.217. The van der Waals surface area contributed by atoms with Crippen LogP contribution in [-0.2, 0) is 4.79 Å². The van der Waals surface area contributed by atoms with Gasteiger partial charge in [-0.25, -0.2) is 4.98 Å². The van der Waals surface area contributed by atoms with E-state index in [0.29, 0.717) is 32.0 Å². The molecule has 1 amide bonds. The molecule has 1 aromatic carbocycles. The van der Waals surface area contributed by atoms with Gasteiger partial charge in [-0.05, 0) is 48.0 Å². The van der Waals surface area contributed by atoms with Crippen LogP contribution in [-0.4, -0.2) is 59.3 Å². The standard InChI is InChI=1S/C23H24N6O2/c1-31-19-8-5-18(6-9-19)7-12-23(30)29-16-14-28(15-17-29)22-11-10-21(26-27-22)25-20-4-2-3-13-24-20/h2-13H,14-17H2,1H3,(H,24,25,26)/b12-7+. The van der Waals surface area contributed by atoms with Gasteiger partial charge in [0.15, 0.2) is 11.6 Å². The number of hydrogen-bond acceptors (Lipinski definition) is 7. The van der Waals surface area contributed by atoms with E-state index >= 15 is 0 Å². The van der Waals surface area contributed by atoms with Gasteiger partial charge in [-0.15, -0.1) is 10.2 Å². The van der Waals surface area contributed by atoms with Gasteiger partial charge in [0.25, 0.3) is 0 Å². The third-order valence-electron chi connectivity index (χ3n) is 5.02. The van der Waals surface area contributed by atoms with Crippen molar-refractivity contribution in [3.63, 3.8) is 0 Å². The van der Waals surface area contributed by atoms with E-state index in [9.17, 15) is 4.79 Å². The monoisotopic (exact) mass is 416 g/mol. The lowest BCUT2D eigenvalue weighted by molar-refractivity contribution is -0.126. The first-order chi connectivity index (χ1) is 15.2. The third kappa shape index (κ3) is 5.36. The zero-order valence-corrected chi connectivity index (χ0v) is 17.3. The van der Waals surface area contributed by atoms with Gasteiger partial charge in [0, 0.05) is 38.5 Å². The van der Waals surface area contributed by atoms with Crippen LogP contribution < -0.4 is 15.0 Å². The highest BCUT2D eigenvalue weighted by Gasteiger charge is 2.20. The van der Waals surface area contributed by atoms with E-state index in [-0.39, 0.29) is 5.91 Å². The molecule has 1 saturated heterocycles. The van der Waals surface area contributed by atoms with Gasteiger partial charge in [-0.1, -0.05) is 18.2 Å². The van der Waals surface area contributed by atoms with E-state index in [4.69, 9.17) is 4.74 Å². The van der Waals surface area contributed by atoms with Crippen LogP contribution in [0.5, 0.6) is 5.75 Å². The summed E-state index contributed by atoms with van der Waals surface area (Å²) in [6.45, 7) is 2.70. The summed E-state index contributed by atoms with van der Waals surface area (Å²) in [6.07, 6.45) is 5.17. The molecular weight excluding hydrogens is 392 g/mol. The van der Waals surface area contributed by atoms with Crippen LogP contribution in [0.1, 0.15) is 5.56 Å². The van der Waals surface area contributed by atoms with Crippen LogP contribution in [0.25, 0.3) is 6.08 Å². The molecule has 1 fully saturated rings. The van der Waals surface area contributed by atoms with Crippen molar-refractivity contribution in [1.82, 2.24) is 20.1 Å². The Morgan fingerprint density at radius 3 is 2.42 bits per heavy atom. The second kappa shape index (κ2) is 9.71. The zero-order chi connectivity index (χ0) is 21.5. The molecule has 0 atom stereocenters. The Kier molecular flexibility index (Phi) is 6.37. The summed E-state index contributed by atoms with van der Waals surface area (Å²) >= 11 is 0. The summed E-state index contributed by atoms with van der Waals surface area (Å²) in [5.74, 6) is 2.96. The van der Waals surface area contributed by atoms with Gasteiger partial charge in [0.05, 0.1) is 7.11 Å². The van der Waals surface area contributed by atoms with E-state index in [0.717, 1.165) is 22.9 Å². The number of anilines is 3. The summed E-state index contributed by atoms with van der Waals surface area (Å²) in [5, 5.41) is 11.7. The predicted octanol–water partition coefficient (Wildman–Crippen LogP) is 2.99. The second-order valence-electron chi connectivity index (χ2n) is 7.04. The molecule has 1 N–H and O–H groups in total. The topological polar surface area (TPSA) is 83.5 Å². The number of rotatable bonds is 6. The van der Waals surface area contributed by atoms with Crippen LogP contribution in [0.4, 0.5) is 17.5 Å². The fourth-order valence-electron chi connectivity index (χ4n) is 3.27. The SMILES string of the molecule is COc1ccc(/C=C/C(=O)N2CCN(c3ccc(Nc4ccccn4)nn3)CC2)cc1. The Hall–Kier alpha value is -3.94. The lowest BCUT2D eigenvalue weighted by Gasteiger charge is -2.34. The first-order valence-electron chi connectivity index (χ1n) is 10.1. The zero-order valence-electron chi connectivity index (χ0n) is 17.3. The first kappa shape index (κ1) is 20.3. The number of ether oxygens (including phenoxy) is 1. The average molecular weight is 416 g/mol.